The van der Waals surface area contributed by atoms with Crippen LogP contribution < -0.4 is 15.4 Å². The number of primary amides is 1. The Kier molecular flexibility index (Phi) is 7.78. The summed E-state index contributed by atoms with van der Waals surface area (Å²) in [7, 11) is 0. The van der Waals surface area contributed by atoms with Gasteiger partial charge >= 0.3 is 0 Å². The van der Waals surface area contributed by atoms with E-state index in [-0.39, 0.29) is 30.9 Å². The second-order valence-corrected chi connectivity index (χ2v) is 10.1. The molecule has 196 valence electrons. The average Bonchev–Trinajstić information content (AvgIpc) is 2.82. The second kappa shape index (κ2) is 10.8. The third-order valence-electron chi connectivity index (χ3n) is 7.15. The van der Waals surface area contributed by atoms with Crippen LogP contribution in [0.1, 0.15) is 40.4 Å². The molecule has 1 atom stereocenters. The number of hydrogen-bond acceptors (Lipinski definition) is 6. The lowest BCUT2D eigenvalue weighted by atomic mass is 10.0. The number of aryl methyl sites for hydroxylation is 5. The Balaban J connectivity index is 1.73. The van der Waals surface area contributed by atoms with Crippen LogP contribution in [-0.2, 0) is 11.4 Å². The van der Waals surface area contributed by atoms with Gasteiger partial charge in [0.15, 0.2) is 5.82 Å². The lowest BCUT2D eigenvalue weighted by Gasteiger charge is -2.40. The van der Waals surface area contributed by atoms with E-state index in [1.165, 1.54) is 6.07 Å². The van der Waals surface area contributed by atoms with Crippen molar-refractivity contribution in [3.8, 4) is 17.1 Å². The van der Waals surface area contributed by atoms with Crippen LogP contribution in [0.25, 0.3) is 11.4 Å². The van der Waals surface area contributed by atoms with Crippen LogP contribution in [0.2, 0.25) is 0 Å². The van der Waals surface area contributed by atoms with Crippen LogP contribution in [-0.4, -0.2) is 53.0 Å². The highest BCUT2D eigenvalue weighted by Gasteiger charge is 2.28. The zero-order valence-electron chi connectivity index (χ0n) is 22.6. The fourth-order valence-corrected chi connectivity index (χ4v) is 4.97. The van der Waals surface area contributed by atoms with Gasteiger partial charge in [-0.2, -0.15) is 0 Å². The number of rotatable bonds is 7. The number of anilines is 1. The van der Waals surface area contributed by atoms with Crippen molar-refractivity contribution in [3.63, 3.8) is 0 Å². The van der Waals surface area contributed by atoms with Crippen LogP contribution in [0.5, 0.6) is 5.75 Å². The molecule has 0 radical (unpaired) electrons. The molecular weight excluding hydrogens is 469 g/mol. The van der Waals surface area contributed by atoms with E-state index >= 15 is 0 Å². The molecule has 8 heteroatoms. The van der Waals surface area contributed by atoms with Crippen LogP contribution in [0.4, 0.5) is 10.2 Å². The first kappa shape index (κ1) is 26.5. The molecule has 1 saturated heterocycles. The van der Waals surface area contributed by atoms with Crippen molar-refractivity contribution in [1.29, 1.82) is 0 Å². The number of ether oxygens (including phenoxy) is 1. The van der Waals surface area contributed by atoms with Crippen LogP contribution in [0.3, 0.4) is 0 Å². The lowest BCUT2D eigenvalue weighted by molar-refractivity contribution is -0.119. The van der Waals surface area contributed by atoms with Gasteiger partial charge in [-0.05, 0) is 75.9 Å². The lowest BCUT2D eigenvalue weighted by Crippen LogP contribution is -2.54. The number of carbonyl (C=O) groups is 1. The van der Waals surface area contributed by atoms with Crippen molar-refractivity contribution in [2.45, 2.75) is 54.2 Å². The predicted octanol–water partition coefficient (Wildman–Crippen LogP) is 4.40. The van der Waals surface area contributed by atoms with Gasteiger partial charge in [-0.25, -0.2) is 14.4 Å². The number of benzene rings is 2. The summed E-state index contributed by atoms with van der Waals surface area (Å²) in [4.78, 5) is 25.9. The number of carbonyl (C=O) groups excluding carboxylic acids is 1. The Labute approximate surface area is 218 Å². The van der Waals surface area contributed by atoms with Gasteiger partial charge in [0.1, 0.15) is 24.0 Å². The SMILES string of the molecule is Cc1cc(OCc2c(C)nc(-c3c(C)cccc3C)nc2N2CCN(CC(N)=O)[C@H](C)C2)c(C)cc1F. The first-order chi connectivity index (χ1) is 17.5. The highest BCUT2D eigenvalue weighted by Crippen LogP contribution is 2.32. The molecule has 0 aliphatic carbocycles. The number of aromatic nitrogens is 2. The number of halogens is 1. The van der Waals surface area contributed by atoms with Crippen LogP contribution in [0, 0.1) is 40.4 Å². The van der Waals surface area contributed by atoms with E-state index in [0.717, 1.165) is 39.3 Å². The van der Waals surface area contributed by atoms with Crippen molar-refractivity contribution < 1.29 is 13.9 Å². The van der Waals surface area contributed by atoms with Crippen molar-refractivity contribution in [2.24, 2.45) is 5.73 Å². The maximum absolute atomic E-state index is 14.0. The Bertz CT molecular complexity index is 1310. The normalized spacial score (nSPS) is 16.2. The van der Waals surface area contributed by atoms with E-state index in [4.69, 9.17) is 20.4 Å². The molecule has 4 rings (SSSR count). The number of amides is 1. The summed E-state index contributed by atoms with van der Waals surface area (Å²) in [5.74, 6) is 1.59. The summed E-state index contributed by atoms with van der Waals surface area (Å²) in [5, 5.41) is 0. The monoisotopic (exact) mass is 505 g/mol. The van der Waals surface area contributed by atoms with E-state index < -0.39 is 0 Å². The van der Waals surface area contributed by atoms with Crippen LogP contribution >= 0.6 is 0 Å². The minimum absolute atomic E-state index is 0.121. The summed E-state index contributed by atoms with van der Waals surface area (Å²) < 4.78 is 20.2. The van der Waals surface area contributed by atoms with Gasteiger partial charge in [-0.15, -0.1) is 0 Å². The highest BCUT2D eigenvalue weighted by atomic mass is 19.1. The third-order valence-corrected chi connectivity index (χ3v) is 7.15. The summed E-state index contributed by atoms with van der Waals surface area (Å²) in [6.45, 7) is 14.4. The maximum atomic E-state index is 14.0. The van der Waals surface area contributed by atoms with Crippen molar-refractivity contribution in [2.75, 3.05) is 31.1 Å². The van der Waals surface area contributed by atoms with Gasteiger partial charge in [-0.3, -0.25) is 9.69 Å². The van der Waals surface area contributed by atoms with Gasteiger partial charge in [0, 0.05) is 31.2 Å². The fourth-order valence-electron chi connectivity index (χ4n) is 4.97. The van der Waals surface area contributed by atoms with Crippen molar-refractivity contribution >= 4 is 11.7 Å². The van der Waals surface area contributed by atoms with Gasteiger partial charge in [-0.1, -0.05) is 18.2 Å². The van der Waals surface area contributed by atoms with Crippen molar-refractivity contribution in [3.05, 3.63) is 69.7 Å². The molecular formula is C29H36FN5O2. The first-order valence-electron chi connectivity index (χ1n) is 12.7. The molecule has 2 aromatic carbocycles. The number of nitrogens with two attached hydrogens (primary N) is 1. The predicted molar refractivity (Wildman–Crippen MR) is 144 cm³/mol. The molecule has 2 N–H and O–H groups in total. The minimum Gasteiger partial charge on any atom is -0.488 e. The smallest absolute Gasteiger partial charge is 0.231 e. The van der Waals surface area contributed by atoms with E-state index in [9.17, 15) is 9.18 Å². The molecule has 0 spiro atoms. The molecule has 1 aliphatic heterocycles. The fraction of sp³-hybridized carbons (Fsp3) is 0.414. The Hall–Kier alpha value is -3.52. The Morgan fingerprint density at radius 1 is 1.05 bits per heavy atom. The Morgan fingerprint density at radius 3 is 2.41 bits per heavy atom. The topological polar surface area (TPSA) is 84.6 Å². The summed E-state index contributed by atoms with van der Waals surface area (Å²) in [6.07, 6.45) is 0. The standard InChI is InChI=1S/C29H36FN5O2/c1-17-8-7-9-18(2)27(17)28-32-22(6)23(16-37-25-13-19(3)24(30)12-20(25)4)29(33-28)35-11-10-34(15-26(31)36)21(5)14-35/h7-9,12-13,21H,10-11,14-16H2,1-6H3,(H2,31,36)/t21-/m1/s1. The van der Waals surface area contributed by atoms with Gasteiger partial charge in [0.25, 0.3) is 0 Å². The van der Waals surface area contributed by atoms with Gasteiger partial charge < -0.3 is 15.4 Å². The van der Waals surface area contributed by atoms with Crippen molar-refractivity contribution in [1.82, 2.24) is 14.9 Å². The molecule has 0 unspecified atom stereocenters. The number of hydrogen-bond donors (Lipinski definition) is 1. The highest BCUT2D eigenvalue weighted by molar-refractivity contribution is 5.76. The quantitative estimate of drug-likeness (QED) is 0.512. The molecule has 1 aromatic heterocycles. The molecule has 37 heavy (non-hydrogen) atoms. The number of piperazine rings is 1. The molecule has 1 fully saturated rings. The number of nitrogens with zero attached hydrogens (tertiary/aromatic N) is 4. The molecule has 2 heterocycles. The summed E-state index contributed by atoms with van der Waals surface area (Å²) in [6, 6.07) is 9.53. The van der Waals surface area contributed by atoms with Gasteiger partial charge in [0.2, 0.25) is 5.91 Å². The third kappa shape index (κ3) is 5.74. The van der Waals surface area contributed by atoms with Crippen LogP contribution in [0.15, 0.2) is 30.3 Å². The molecule has 1 aliphatic rings. The molecule has 1 amide bonds. The zero-order valence-corrected chi connectivity index (χ0v) is 22.6. The molecule has 3 aromatic rings. The van der Waals surface area contributed by atoms with E-state index in [1.807, 2.05) is 19.9 Å². The minimum atomic E-state index is -0.324. The zero-order chi connectivity index (χ0) is 26.9. The maximum Gasteiger partial charge on any atom is 0.231 e. The van der Waals surface area contributed by atoms with E-state index in [1.54, 1.807) is 13.0 Å². The summed E-state index contributed by atoms with van der Waals surface area (Å²) >= 11 is 0. The Morgan fingerprint density at radius 2 is 1.76 bits per heavy atom. The largest absolute Gasteiger partial charge is 0.488 e. The second-order valence-electron chi connectivity index (χ2n) is 10.1. The van der Waals surface area contributed by atoms with E-state index in [2.05, 4.69) is 42.7 Å². The molecule has 0 bridgehead atoms. The first-order valence-corrected chi connectivity index (χ1v) is 12.7. The van der Waals surface area contributed by atoms with E-state index in [0.29, 0.717) is 36.8 Å². The molecule has 0 saturated carbocycles. The van der Waals surface area contributed by atoms with Gasteiger partial charge in [0.05, 0.1) is 17.8 Å². The average molecular weight is 506 g/mol. The summed E-state index contributed by atoms with van der Waals surface area (Å²) in [5.41, 5.74) is 11.7. The molecule has 7 nitrogen and oxygen atoms in total.